The Labute approximate surface area is 110 Å². The zero-order valence-corrected chi connectivity index (χ0v) is 11.4. The van der Waals surface area contributed by atoms with E-state index in [9.17, 15) is 0 Å². The molecule has 92 valence electrons. The van der Waals surface area contributed by atoms with Crippen LogP contribution in [0.25, 0.3) is 21.9 Å². The first-order chi connectivity index (χ1) is 8.63. The Morgan fingerprint density at radius 1 is 1.33 bits per heavy atom. The van der Waals surface area contributed by atoms with E-state index in [1.807, 2.05) is 26.1 Å². The summed E-state index contributed by atoms with van der Waals surface area (Å²) < 4.78 is 1.79. The summed E-state index contributed by atoms with van der Waals surface area (Å²) in [5.41, 5.74) is 3.98. The molecule has 1 aromatic carbocycles. The van der Waals surface area contributed by atoms with Gasteiger partial charge in [0.15, 0.2) is 5.65 Å². The van der Waals surface area contributed by atoms with Gasteiger partial charge in [-0.25, -0.2) is 4.98 Å². The van der Waals surface area contributed by atoms with E-state index in [1.165, 1.54) is 5.56 Å². The van der Waals surface area contributed by atoms with Crippen LogP contribution in [0.15, 0.2) is 18.2 Å². The summed E-state index contributed by atoms with van der Waals surface area (Å²) in [5.74, 6) is 0. The van der Waals surface area contributed by atoms with Gasteiger partial charge in [0.25, 0.3) is 0 Å². The van der Waals surface area contributed by atoms with Gasteiger partial charge in [-0.3, -0.25) is 4.68 Å². The lowest BCUT2D eigenvalue weighted by atomic mass is 10.1. The van der Waals surface area contributed by atoms with Crippen molar-refractivity contribution < 1.29 is 0 Å². The molecule has 0 N–H and O–H groups in total. The number of hydrogen-bond acceptors (Lipinski definition) is 2. The lowest BCUT2D eigenvalue weighted by Crippen LogP contribution is -1.94. The van der Waals surface area contributed by atoms with Crippen molar-refractivity contribution in [1.29, 1.82) is 0 Å². The number of aryl methyl sites for hydroxylation is 3. The SMILES string of the molecule is CCc1cccc2c(Cl)c3c(C)nn(C)c3nc12. The molecule has 0 saturated carbocycles. The first-order valence-electron chi connectivity index (χ1n) is 6.04. The summed E-state index contributed by atoms with van der Waals surface area (Å²) >= 11 is 6.53. The quantitative estimate of drug-likeness (QED) is 0.668. The summed E-state index contributed by atoms with van der Waals surface area (Å²) in [7, 11) is 1.90. The minimum Gasteiger partial charge on any atom is -0.250 e. The highest BCUT2D eigenvalue weighted by Crippen LogP contribution is 2.33. The standard InChI is InChI=1S/C14H14ClN3/c1-4-9-6-5-7-10-12(15)11-8(2)17-18(3)14(11)16-13(9)10/h5-7H,4H2,1-3H3. The molecule has 0 aliphatic heterocycles. The minimum absolute atomic E-state index is 0.760. The second kappa shape index (κ2) is 3.95. The Kier molecular flexibility index (Phi) is 2.52. The Morgan fingerprint density at radius 2 is 2.11 bits per heavy atom. The Hall–Kier alpha value is -1.61. The highest BCUT2D eigenvalue weighted by Gasteiger charge is 2.15. The van der Waals surface area contributed by atoms with Crippen molar-refractivity contribution in [2.24, 2.45) is 7.05 Å². The van der Waals surface area contributed by atoms with Crippen LogP contribution in [-0.2, 0) is 13.5 Å². The van der Waals surface area contributed by atoms with E-state index >= 15 is 0 Å². The van der Waals surface area contributed by atoms with E-state index in [0.717, 1.165) is 39.1 Å². The number of benzene rings is 1. The molecule has 2 aromatic heterocycles. The average molecular weight is 260 g/mol. The summed E-state index contributed by atoms with van der Waals surface area (Å²) in [6.07, 6.45) is 0.947. The number of halogens is 1. The molecule has 0 bridgehead atoms. The number of rotatable bonds is 1. The lowest BCUT2D eigenvalue weighted by molar-refractivity contribution is 0.775. The molecule has 0 amide bonds. The molecule has 0 aliphatic carbocycles. The zero-order valence-electron chi connectivity index (χ0n) is 10.7. The Balaban J connectivity index is 2.58. The molecular formula is C14H14ClN3. The first kappa shape index (κ1) is 11.5. The van der Waals surface area contributed by atoms with Gasteiger partial charge < -0.3 is 0 Å². The molecule has 0 unspecified atom stereocenters. The molecule has 18 heavy (non-hydrogen) atoms. The minimum atomic E-state index is 0.760. The normalized spacial score (nSPS) is 11.6. The predicted molar refractivity (Wildman–Crippen MR) is 75.1 cm³/mol. The molecule has 3 aromatic rings. The van der Waals surface area contributed by atoms with Crippen molar-refractivity contribution in [3.05, 3.63) is 34.5 Å². The molecule has 3 nitrogen and oxygen atoms in total. The molecule has 0 radical (unpaired) electrons. The lowest BCUT2D eigenvalue weighted by Gasteiger charge is -2.06. The fourth-order valence-corrected chi connectivity index (χ4v) is 2.83. The monoisotopic (exact) mass is 259 g/mol. The number of para-hydroxylation sites is 1. The van der Waals surface area contributed by atoms with E-state index in [1.54, 1.807) is 4.68 Å². The van der Waals surface area contributed by atoms with Crippen molar-refractivity contribution in [3.8, 4) is 0 Å². The van der Waals surface area contributed by atoms with Crippen molar-refractivity contribution in [3.63, 3.8) is 0 Å². The average Bonchev–Trinajstić information content (AvgIpc) is 2.65. The molecule has 2 heterocycles. The largest absolute Gasteiger partial charge is 0.250 e. The van der Waals surface area contributed by atoms with E-state index in [2.05, 4.69) is 18.1 Å². The van der Waals surface area contributed by atoms with Crippen LogP contribution in [0.1, 0.15) is 18.2 Å². The van der Waals surface area contributed by atoms with Gasteiger partial charge in [-0.1, -0.05) is 36.7 Å². The molecule has 0 fully saturated rings. The zero-order chi connectivity index (χ0) is 12.9. The third-order valence-electron chi connectivity index (χ3n) is 3.37. The fourth-order valence-electron chi connectivity index (χ4n) is 2.46. The van der Waals surface area contributed by atoms with Crippen LogP contribution in [0.2, 0.25) is 5.02 Å². The topological polar surface area (TPSA) is 30.7 Å². The molecule has 3 rings (SSSR count). The van der Waals surface area contributed by atoms with Crippen molar-refractivity contribution in [1.82, 2.24) is 14.8 Å². The smallest absolute Gasteiger partial charge is 0.159 e. The first-order valence-corrected chi connectivity index (χ1v) is 6.41. The van der Waals surface area contributed by atoms with Gasteiger partial charge in [-0.15, -0.1) is 0 Å². The number of nitrogens with zero attached hydrogens (tertiary/aromatic N) is 3. The van der Waals surface area contributed by atoms with Gasteiger partial charge in [0.05, 0.1) is 21.6 Å². The Morgan fingerprint density at radius 3 is 2.83 bits per heavy atom. The molecule has 0 spiro atoms. The third kappa shape index (κ3) is 1.44. The summed E-state index contributed by atoms with van der Waals surface area (Å²) in [4.78, 5) is 4.75. The van der Waals surface area contributed by atoms with Gasteiger partial charge in [0, 0.05) is 12.4 Å². The maximum Gasteiger partial charge on any atom is 0.159 e. The van der Waals surface area contributed by atoms with Crippen molar-refractivity contribution >= 4 is 33.5 Å². The molecule has 0 saturated heterocycles. The third-order valence-corrected chi connectivity index (χ3v) is 3.76. The highest BCUT2D eigenvalue weighted by atomic mass is 35.5. The van der Waals surface area contributed by atoms with Gasteiger partial charge in [-0.05, 0) is 18.9 Å². The molecule has 0 aliphatic rings. The maximum atomic E-state index is 6.53. The van der Waals surface area contributed by atoms with E-state index in [0.29, 0.717) is 0 Å². The van der Waals surface area contributed by atoms with Crippen LogP contribution >= 0.6 is 11.6 Å². The van der Waals surface area contributed by atoms with Crippen LogP contribution in [-0.4, -0.2) is 14.8 Å². The van der Waals surface area contributed by atoms with Crippen molar-refractivity contribution in [2.45, 2.75) is 20.3 Å². The van der Waals surface area contributed by atoms with Crippen LogP contribution in [0, 0.1) is 6.92 Å². The number of fused-ring (bicyclic) bond motifs is 2. The van der Waals surface area contributed by atoms with Gasteiger partial charge in [-0.2, -0.15) is 5.10 Å². The van der Waals surface area contributed by atoms with Crippen LogP contribution in [0.5, 0.6) is 0 Å². The Bertz CT molecular complexity index is 759. The molecular weight excluding hydrogens is 246 g/mol. The van der Waals surface area contributed by atoms with Crippen LogP contribution < -0.4 is 0 Å². The van der Waals surface area contributed by atoms with Gasteiger partial charge >= 0.3 is 0 Å². The predicted octanol–water partition coefficient (Wildman–Crippen LogP) is 3.65. The number of aromatic nitrogens is 3. The van der Waals surface area contributed by atoms with E-state index in [-0.39, 0.29) is 0 Å². The molecule has 0 atom stereocenters. The second-order valence-electron chi connectivity index (χ2n) is 4.50. The number of pyridine rings is 1. The van der Waals surface area contributed by atoms with Crippen molar-refractivity contribution in [2.75, 3.05) is 0 Å². The number of hydrogen-bond donors (Lipinski definition) is 0. The fraction of sp³-hybridized carbons (Fsp3) is 0.286. The summed E-state index contributed by atoms with van der Waals surface area (Å²) in [6.45, 7) is 4.09. The highest BCUT2D eigenvalue weighted by molar-refractivity contribution is 6.40. The van der Waals surface area contributed by atoms with Gasteiger partial charge in [0.2, 0.25) is 0 Å². The van der Waals surface area contributed by atoms with E-state index < -0.39 is 0 Å². The second-order valence-corrected chi connectivity index (χ2v) is 4.88. The van der Waals surface area contributed by atoms with Crippen LogP contribution in [0.4, 0.5) is 0 Å². The maximum absolute atomic E-state index is 6.53. The molecule has 4 heteroatoms. The summed E-state index contributed by atoms with van der Waals surface area (Å²) in [5, 5.41) is 7.13. The van der Waals surface area contributed by atoms with E-state index in [4.69, 9.17) is 16.6 Å². The van der Waals surface area contributed by atoms with Gasteiger partial charge in [0.1, 0.15) is 0 Å². The summed E-state index contributed by atoms with van der Waals surface area (Å²) in [6, 6.07) is 6.16. The van der Waals surface area contributed by atoms with Crippen LogP contribution in [0.3, 0.4) is 0 Å².